The van der Waals surface area contributed by atoms with Crippen LogP contribution in [0.3, 0.4) is 0 Å². The minimum atomic E-state index is -2.93. The number of amides is 1. The van der Waals surface area contributed by atoms with E-state index in [-0.39, 0.29) is 37.8 Å². The van der Waals surface area contributed by atoms with E-state index >= 15 is 8.78 Å². The third-order valence-electron chi connectivity index (χ3n) is 6.95. The number of carbonyl (C=O) groups is 1. The number of nitriles is 1. The van der Waals surface area contributed by atoms with Crippen LogP contribution in [0, 0.1) is 17.2 Å². The van der Waals surface area contributed by atoms with Gasteiger partial charge in [0.2, 0.25) is 0 Å². The summed E-state index contributed by atoms with van der Waals surface area (Å²) in [5, 5.41) is 9.21. The van der Waals surface area contributed by atoms with E-state index in [4.69, 9.17) is 4.74 Å². The molecule has 0 bridgehead atoms. The molecule has 0 radical (unpaired) electrons. The lowest BCUT2D eigenvalue weighted by Gasteiger charge is -2.40. The maximum atomic E-state index is 15.1. The van der Waals surface area contributed by atoms with Gasteiger partial charge in [-0.3, -0.25) is 9.88 Å². The van der Waals surface area contributed by atoms with Gasteiger partial charge in [-0.05, 0) is 31.0 Å². The molecule has 35 heavy (non-hydrogen) atoms. The Kier molecular flexibility index (Phi) is 5.27. The topological polar surface area (TPSA) is 96.9 Å². The normalized spacial score (nSPS) is 24.1. The number of benzene rings is 1. The van der Waals surface area contributed by atoms with E-state index < -0.39 is 23.5 Å². The molecule has 1 amide bonds. The monoisotopic (exact) mass is 480 g/mol. The standard InChI is InChI=1S/C25H26F2N6O2/c1-23(2,3)20-11-30-21(12-29-20)33-14-24(35-22(33)34)6-7-25(26,27)17(9-24)13-32-15-31-18-5-4-16(10-28)8-19(18)32/h4-5,8,11-12,15,17H,6-7,9,13-14H2,1-3H3/t17-,24-/m0/s1. The predicted octanol–water partition coefficient (Wildman–Crippen LogP) is 4.83. The first-order valence-electron chi connectivity index (χ1n) is 11.6. The molecule has 1 spiro atoms. The van der Waals surface area contributed by atoms with Crippen molar-refractivity contribution in [3.63, 3.8) is 0 Å². The number of hydrogen-bond acceptors (Lipinski definition) is 6. The van der Waals surface area contributed by atoms with Crippen molar-refractivity contribution < 1.29 is 18.3 Å². The summed E-state index contributed by atoms with van der Waals surface area (Å²) in [6.07, 6.45) is 3.76. The molecule has 0 N–H and O–H groups in total. The minimum Gasteiger partial charge on any atom is -0.441 e. The Bertz CT molecular complexity index is 1320. The van der Waals surface area contributed by atoms with E-state index in [2.05, 4.69) is 21.0 Å². The van der Waals surface area contributed by atoms with Gasteiger partial charge in [0.05, 0.1) is 53.6 Å². The van der Waals surface area contributed by atoms with E-state index in [9.17, 15) is 10.1 Å². The summed E-state index contributed by atoms with van der Waals surface area (Å²) >= 11 is 0. The van der Waals surface area contributed by atoms with E-state index in [1.54, 1.807) is 29.0 Å². The molecule has 1 saturated heterocycles. The van der Waals surface area contributed by atoms with Gasteiger partial charge < -0.3 is 9.30 Å². The first-order valence-corrected chi connectivity index (χ1v) is 11.6. The van der Waals surface area contributed by atoms with Crippen LogP contribution in [0.25, 0.3) is 11.0 Å². The average molecular weight is 481 g/mol. The maximum absolute atomic E-state index is 15.1. The number of aromatic nitrogens is 4. The highest BCUT2D eigenvalue weighted by Gasteiger charge is 2.56. The summed E-state index contributed by atoms with van der Waals surface area (Å²) < 4.78 is 37.5. The summed E-state index contributed by atoms with van der Waals surface area (Å²) in [4.78, 5) is 27.2. The lowest BCUT2D eigenvalue weighted by molar-refractivity contribution is -0.139. The number of ether oxygens (including phenoxy) is 1. The SMILES string of the molecule is CC(C)(C)c1cnc(N2C[C@@]3(CCC(F)(F)[C@H](Cn4cnc5ccc(C#N)cc54)C3)OC2=O)cn1. The van der Waals surface area contributed by atoms with Crippen LogP contribution in [0.2, 0.25) is 0 Å². The molecule has 5 rings (SSSR count). The molecule has 2 fully saturated rings. The van der Waals surface area contributed by atoms with Crippen LogP contribution in [-0.4, -0.2) is 43.7 Å². The Labute approximate surface area is 201 Å². The third-order valence-corrected chi connectivity index (χ3v) is 6.95. The highest BCUT2D eigenvalue weighted by Crippen LogP contribution is 2.48. The first kappa shape index (κ1) is 23.1. The van der Waals surface area contributed by atoms with Crippen molar-refractivity contribution in [2.75, 3.05) is 11.4 Å². The molecule has 2 atom stereocenters. The molecule has 1 aromatic carbocycles. The number of fused-ring (bicyclic) bond motifs is 1. The predicted molar refractivity (Wildman–Crippen MR) is 124 cm³/mol. The quantitative estimate of drug-likeness (QED) is 0.533. The van der Waals surface area contributed by atoms with Crippen LogP contribution in [0.15, 0.2) is 36.9 Å². The van der Waals surface area contributed by atoms with Gasteiger partial charge >= 0.3 is 6.09 Å². The second kappa shape index (κ2) is 7.97. The fraction of sp³-hybridized carbons (Fsp3) is 0.480. The van der Waals surface area contributed by atoms with Gasteiger partial charge in [0.25, 0.3) is 5.92 Å². The van der Waals surface area contributed by atoms with E-state index in [1.165, 1.54) is 17.4 Å². The minimum absolute atomic E-state index is 0.00221. The summed E-state index contributed by atoms with van der Waals surface area (Å²) in [5.41, 5.74) is 1.26. The molecule has 3 heterocycles. The molecular formula is C25H26F2N6O2. The summed E-state index contributed by atoms with van der Waals surface area (Å²) in [6, 6.07) is 7.07. The molecule has 10 heteroatoms. The number of imidazole rings is 1. The number of rotatable bonds is 3. The van der Waals surface area contributed by atoms with Crippen LogP contribution in [0.5, 0.6) is 0 Å². The number of alkyl halides is 2. The number of hydrogen-bond donors (Lipinski definition) is 0. The number of anilines is 1. The maximum Gasteiger partial charge on any atom is 0.416 e. The smallest absolute Gasteiger partial charge is 0.416 e. The van der Waals surface area contributed by atoms with Crippen LogP contribution in [0.1, 0.15) is 51.3 Å². The van der Waals surface area contributed by atoms with Gasteiger partial charge in [-0.15, -0.1) is 0 Å². The fourth-order valence-corrected chi connectivity index (χ4v) is 4.89. The highest BCUT2D eigenvalue weighted by atomic mass is 19.3. The molecule has 1 aliphatic carbocycles. The van der Waals surface area contributed by atoms with Crippen molar-refractivity contribution in [2.24, 2.45) is 5.92 Å². The molecule has 8 nitrogen and oxygen atoms in total. The lowest BCUT2D eigenvalue weighted by atomic mass is 9.75. The molecule has 2 aromatic heterocycles. The van der Waals surface area contributed by atoms with Gasteiger partial charge in [-0.25, -0.2) is 23.5 Å². The second-order valence-electron chi connectivity index (χ2n) is 10.5. The van der Waals surface area contributed by atoms with Crippen molar-refractivity contribution in [1.29, 1.82) is 5.26 Å². The zero-order valence-corrected chi connectivity index (χ0v) is 19.8. The Hall–Kier alpha value is -3.61. The van der Waals surface area contributed by atoms with Crippen molar-refractivity contribution in [3.05, 3.63) is 48.2 Å². The van der Waals surface area contributed by atoms with Crippen molar-refractivity contribution in [2.45, 2.75) is 63.5 Å². The molecule has 1 aliphatic heterocycles. The fourth-order valence-electron chi connectivity index (χ4n) is 4.89. The third kappa shape index (κ3) is 4.20. The van der Waals surface area contributed by atoms with Crippen LogP contribution in [0.4, 0.5) is 19.4 Å². The Morgan fingerprint density at radius 2 is 2.00 bits per heavy atom. The summed E-state index contributed by atoms with van der Waals surface area (Å²) in [7, 11) is 0. The van der Waals surface area contributed by atoms with Crippen LogP contribution in [-0.2, 0) is 16.7 Å². The zero-order valence-electron chi connectivity index (χ0n) is 19.8. The molecule has 1 saturated carbocycles. The van der Waals surface area contributed by atoms with E-state index in [0.29, 0.717) is 22.4 Å². The van der Waals surface area contributed by atoms with Crippen LogP contribution < -0.4 is 4.90 Å². The Morgan fingerprint density at radius 3 is 2.69 bits per heavy atom. The van der Waals surface area contributed by atoms with Crippen molar-refractivity contribution >= 4 is 22.9 Å². The van der Waals surface area contributed by atoms with Crippen molar-refractivity contribution in [1.82, 2.24) is 19.5 Å². The second-order valence-corrected chi connectivity index (χ2v) is 10.5. The van der Waals surface area contributed by atoms with Gasteiger partial charge in [-0.1, -0.05) is 20.8 Å². The van der Waals surface area contributed by atoms with Gasteiger partial charge in [-0.2, -0.15) is 5.26 Å². The van der Waals surface area contributed by atoms with Gasteiger partial charge in [0.1, 0.15) is 5.60 Å². The summed E-state index contributed by atoms with van der Waals surface area (Å²) in [6.45, 7) is 6.19. The molecule has 0 unspecified atom stereocenters. The number of carbonyl (C=O) groups excluding carboxylic acids is 1. The number of halogens is 2. The number of nitrogens with zero attached hydrogens (tertiary/aromatic N) is 6. The van der Waals surface area contributed by atoms with E-state index in [1.807, 2.05) is 20.8 Å². The molecule has 3 aromatic rings. The molecule has 2 aliphatic rings. The molecular weight excluding hydrogens is 454 g/mol. The Morgan fingerprint density at radius 1 is 1.20 bits per heavy atom. The van der Waals surface area contributed by atoms with Crippen LogP contribution >= 0.6 is 0 Å². The molecule has 182 valence electrons. The lowest BCUT2D eigenvalue weighted by Crippen LogP contribution is -2.48. The van der Waals surface area contributed by atoms with Gasteiger partial charge in [0, 0.05) is 24.3 Å². The average Bonchev–Trinajstić information content (AvgIpc) is 3.36. The van der Waals surface area contributed by atoms with Gasteiger partial charge in [0.15, 0.2) is 5.82 Å². The first-order chi connectivity index (χ1) is 16.5. The highest BCUT2D eigenvalue weighted by molar-refractivity contribution is 5.89. The largest absolute Gasteiger partial charge is 0.441 e. The summed E-state index contributed by atoms with van der Waals surface area (Å²) in [5.74, 6) is -3.65. The Balaban J connectivity index is 1.38. The van der Waals surface area contributed by atoms with E-state index in [0.717, 1.165) is 5.69 Å². The zero-order chi connectivity index (χ0) is 25.0. The van der Waals surface area contributed by atoms with Crippen molar-refractivity contribution in [3.8, 4) is 6.07 Å².